The molecule has 0 bridgehead atoms. The Kier molecular flexibility index (Phi) is 11.9. The van der Waals surface area contributed by atoms with Crippen molar-refractivity contribution in [2.45, 2.75) is 52.7 Å². The highest BCUT2D eigenvalue weighted by molar-refractivity contribution is 5.73. The number of aliphatic hydroxyl groups is 2. The van der Waals surface area contributed by atoms with Gasteiger partial charge in [0.2, 0.25) is 0 Å². The fourth-order valence-corrected chi connectivity index (χ4v) is 5.10. The number of aliphatic hydroxyl groups excluding tert-OH is 2. The van der Waals surface area contributed by atoms with Crippen molar-refractivity contribution in [2.75, 3.05) is 13.2 Å². The molecule has 0 aliphatic carbocycles. The zero-order chi connectivity index (χ0) is 29.1. The Hall–Kier alpha value is -3.50. The van der Waals surface area contributed by atoms with Gasteiger partial charge < -0.3 is 28.8 Å². The number of rotatable bonds is 16. The van der Waals surface area contributed by atoms with Crippen molar-refractivity contribution in [3.05, 3.63) is 71.8 Å². The Morgan fingerprint density at radius 1 is 0.775 bits per heavy atom. The van der Waals surface area contributed by atoms with Gasteiger partial charge in [-0.25, -0.2) is 9.97 Å². The number of aromatic nitrogens is 4. The molecule has 10 nitrogen and oxygen atoms in total. The number of esters is 2. The lowest BCUT2D eigenvalue weighted by Crippen LogP contribution is -2.30. The number of hydrogen-bond acceptors (Lipinski definition) is 8. The predicted molar refractivity (Wildman–Crippen MR) is 149 cm³/mol. The van der Waals surface area contributed by atoms with Crippen LogP contribution in [-0.2, 0) is 59.2 Å². The average molecular weight is 555 g/mol. The number of carbonyl (C=O) groups is 2. The molecule has 0 unspecified atom stereocenters. The van der Waals surface area contributed by atoms with Crippen molar-refractivity contribution < 1.29 is 29.3 Å². The minimum absolute atomic E-state index is 0.0316. The molecular formula is C30H42N4O6. The summed E-state index contributed by atoms with van der Waals surface area (Å²) in [6, 6.07) is 7.37. The predicted octanol–water partition coefficient (Wildman–Crippen LogP) is 2.99. The van der Waals surface area contributed by atoms with E-state index in [2.05, 4.69) is 9.97 Å². The number of aryl methyl sites for hydroxylation is 2. The summed E-state index contributed by atoms with van der Waals surface area (Å²) in [5.74, 6) is -2.26. The lowest BCUT2D eigenvalue weighted by Gasteiger charge is -2.24. The molecule has 2 N–H and O–H groups in total. The van der Waals surface area contributed by atoms with Crippen LogP contribution >= 0.6 is 0 Å². The number of hydrogen-bond donors (Lipinski definition) is 2. The first kappa shape index (κ1) is 31.0. The van der Waals surface area contributed by atoms with Crippen LogP contribution in [0.4, 0.5) is 0 Å². The van der Waals surface area contributed by atoms with Gasteiger partial charge in [0.25, 0.3) is 0 Å². The molecule has 0 spiro atoms. The molecule has 0 aliphatic heterocycles. The lowest BCUT2D eigenvalue weighted by molar-refractivity contribution is -0.154. The molecule has 0 fully saturated rings. The van der Waals surface area contributed by atoms with E-state index in [1.807, 2.05) is 61.3 Å². The van der Waals surface area contributed by atoms with Gasteiger partial charge in [0.1, 0.15) is 13.2 Å². The van der Waals surface area contributed by atoms with Gasteiger partial charge in [0.05, 0.1) is 24.5 Å². The van der Waals surface area contributed by atoms with Crippen molar-refractivity contribution in [3.63, 3.8) is 0 Å². The minimum Gasteiger partial charge on any atom is -0.461 e. The molecule has 3 rings (SSSR count). The van der Waals surface area contributed by atoms with E-state index < -0.39 is 11.8 Å². The molecule has 1 aromatic carbocycles. The Morgan fingerprint density at radius 3 is 1.48 bits per heavy atom. The maximum absolute atomic E-state index is 13.1. The van der Waals surface area contributed by atoms with Gasteiger partial charge in [-0.1, -0.05) is 38.1 Å². The van der Waals surface area contributed by atoms with Gasteiger partial charge in [0.15, 0.2) is 0 Å². The highest BCUT2D eigenvalue weighted by Gasteiger charge is 2.30. The Balaban J connectivity index is 1.60. The molecule has 0 saturated heterocycles. The summed E-state index contributed by atoms with van der Waals surface area (Å²) in [6.45, 7) is 3.60. The first-order valence-electron chi connectivity index (χ1n) is 13.8. The summed E-state index contributed by atoms with van der Waals surface area (Å²) in [6.07, 6.45) is 8.96. The highest BCUT2D eigenvalue weighted by Crippen LogP contribution is 2.25. The third-order valence-electron chi connectivity index (χ3n) is 7.73. The second-order valence-electron chi connectivity index (χ2n) is 10.3. The lowest BCUT2D eigenvalue weighted by atomic mass is 9.87. The normalized spacial score (nSPS) is 14.3. The molecule has 4 atom stereocenters. The number of nitrogens with zero attached hydrogens (tertiary/aromatic N) is 4. The molecule has 40 heavy (non-hydrogen) atoms. The molecule has 0 saturated carbocycles. The van der Waals surface area contributed by atoms with E-state index >= 15 is 0 Å². The van der Waals surface area contributed by atoms with Gasteiger partial charge >= 0.3 is 11.9 Å². The van der Waals surface area contributed by atoms with Gasteiger partial charge in [0, 0.05) is 62.9 Å². The number of ether oxygens (including phenoxy) is 2. The summed E-state index contributed by atoms with van der Waals surface area (Å²) in [5, 5.41) is 20.0. The Bertz CT molecular complexity index is 1130. The molecule has 218 valence electrons. The van der Waals surface area contributed by atoms with Crippen LogP contribution in [0.2, 0.25) is 0 Å². The zero-order valence-corrected chi connectivity index (χ0v) is 23.9. The average Bonchev–Trinajstić information content (AvgIpc) is 3.57. The minimum atomic E-state index is -0.468. The monoisotopic (exact) mass is 554 g/mol. The van der Waals surface area contributed by atoms with E-state index in [0.29, 0.717) is 25.7 Å². The fraction of sp³-hybridized carbons (Fsp3) is 0.533. The molecule has 3 aromatic rings. The van der Waals surface area contributed by atoms with Crippen molar-refractivity contribution in [1.82, 2.24) is 19.1 Å². The molecule has 0 radical (unpaired) electrons. The summed E-state index contributed by atoms with van der Waals surface area (Å²) < 4.78 is 15.2. The van der Waals surface area contributed by atoms with Gasteiger partial charge in [-0.3, -0.25) is 9.59 Å². The molecule has 0 amide bonds. The van der Waals surface area contributed by atoms with Crippen LogP contribution in [0.15, 0.2) is 49.3 Å². The Labute approximate surface area is 236 Å². The van der Waals surface area contributed by atoms with Crippen molar-refractivity contribution in [3.8, 4) is 0 Å². The summed E-state index contributed by atoms with van der Waals surface area (Å²) in [7, 11) is 3.76. The third kappa shape index (κ3) is 8.02. The van der Waals surface area contributed by atoms with Gasteiger partial charge in [-0.2, -0.15) is 0 Å². The maximum Gasteiger partial charge on any atom is 0.309 e. The standard InChI is InChI=1S/C30H42N4O6/c1-5-27(23(15-35)11-25-13-31-19-33(25)3)29(37)39-17-21-9-7-8-10-22(21)18-40-30(38)28(6-2)24(16-36)12-26-14-32-20-34(26)4/h7-10,13-14,19-20,23-24,27-28,35-36H,5-6,11-12,15-18H2,1-4H3/t23-,24-,27-,28-/m0/s1. The van der Waals surface area contributed by atoms with Gasteiger partial charge in [-0.15, -0.1) is 0 Å². The topological polar surface area (TPSA) is 129 Å². The van der Waals surface area contributed by atoms with E-state index in [4.69, 9.17) is 9.47 Å². The van der Waals surface area contributed by atoms with E-state index in [-0.39, 0.29) is 50.2 Å². The smallest absolute Gasteiger partial charge is 0.309 e. The Morgan fingerprint density at radius 2 is 1.18 bits per heavy atom. The second-order valence-corrected chi connectivity index (χ2v) is 10.3. The SMILES string of the molecule is CC[C@H](C(=O)OCc1ccccc1COC(=O)[C@@H](CC)[C@H](CO)Cc1cncn1C)[C@H](CO)Cc1cncn1C. The number of carbonyl (C=O) groups excluding carboxylic acids is 2. The van der Waals surface area contributed by atoms with Crippen LogP contribution in [0.25, 0.3) is 0 Å². The van der Waals surface area contributed by atoms with Crippen LogP contribution in [0.5, 0.6) is 0 Å². The fourth-order valence-electron chi connectivity index (χ4n) is 5.10. The van der Waals surface area contributed by atoms with E-state index in [1.165, 1.54) is 0 Å². The van der Waals surface area contributed by atoms with Gasteiger partial charge in [-0.05, 0) is 36.8 Å². The third-order valence-corrected chi connectivity index (χ3v) is 7.73. The molecule has 10 heteroatoms. The van der Waals surface area contributed by atoms with Crippen LogP contribution in [0.1, 0.15) is 49.2 Å². The van der Waals surface area contributed by atoms with Crippen molar-refractivity contribution >= 4 is 11.9 Å². The molecule has 2 heterocycles. The number of benzene rings is 1. The first-order valence-corrected chi connectivity index (χ1v) is 13.8. The largest absolute Gasteiger partial charge is 0.461 e. The quantitative estimate of drug-likeness (QED) is 0.259. The summed E-state index contributed by atoms with van der Waals surface area (Å²) in [5.41, 5.74) is 3.36. The van der Waals surface area contributed by atoms with Crippen LogP contribution < -0.4 is 0 Å². The maximum atomic E-state index is 13.1. The van der Waals surface area contributed by atoms with Crippen LogP contribution in [-0.4, -0.2) is 54.5 Å². The van der Waals surface area contributed by atoms with Crippen LogP contribution in [0, 0.1) is 23.7 Å². The molecular weight excluding hydrogens is 512 g/mol. The van der Waals surface area contributed by atoms with E-state index in [1.54, 1.807) is 25.0 Å². The van der Waals surface area contributed by atoms with Crippen LogP contribution in [0.3, 0.4) is 0 Å². The number of imidazole rings is 2. The zero-order valence-electron chi connectivity index (χ0n) is 23.9. The molecule has 2 aromatic heterocycles. The summed E-state index contributed by atoms with van der Waals surface area (Å²) >= 11 is 0. The van der Waals surface area contributed by atoms with E-state index in [0.717, 1.165) is 22.5 Å². The van der Waals surface area contributed by atoms with Crippen molar-refractivity contribution in [2.24, 2.45) is 37.8 Å². The van der Waals surface area contributed by atoms with E-state index in [9.17, 15) is 19.8 Å². The second kappa shape index (κ2) is 15.3. The summed E-state index contributed by atoms with van der Waals surface area (Å²) in [4.78, 5) is 34.4. The molecule has 0 aliphatic rings. The first-order chi connectivity index (χ1) is 19.3. The highest BCUT2D eigenvalue weighted by atomic mass is 16.5. The van der Waals surface area contributed by atoms with Crippen molar-refractivity contribution in [1.29, 1.82) is 0 Å².